The van der Waals surface area contributed by atoms with Gasteiger partial charge in [0.1, 0.15) is 0 Å². The number of fused-ring (bicyclic) bond motifs is 1. The third kappa shape index (κ3) is 3.16. The van der Waals surface area contributed by atoms with Crippen molar-refractivity contribution in [1.29, 1.82) is 0 Å². The Labute approximate surface area is 109 Å². The molecule has 0 atom stereocenters. The second-order valence-electron chi connectivity index (χ2n) is 3.80. The van der Waals surface area contributed by atoms with Crippen LogP contribution in [-0.4, -0.2) is 31.3 Å². The van der Waals surface area contributed by atoms with Crippen molar-refractivity contribution < 1.29 is 14.3 Å². The van der Waals surface area contributed by atoms with Gasteiger partial charge in [-0.1, -0.05) is 0 Å². The van der Waals surface area contributed by atoms with Gasteiger partial charge >= 0.3 is 5.97 Å². The standard InChI is InChI=1S/C12H14N2O3S/c1-17-12(16)4-5-13-8-2-3-10-9(6-8)14-11(15)7-18-10/h2-3,6,13H,4-5,7H2,1H3,(H,14,15). The first-order valence-corrected chi connectivity index (χ1v) is 6.55. The predicted molar refractivity (Wildman–Crippen MR) is 70.9 cm³/mol. The molecule has 0 spiro atoms. The fraction of sp³-hybridized carbons (Fsp3) is 0.333. The van der Waals surface area contributed by atoms with Crippen molar-refractivity contribution in [3.8, 4) is 0 Å². The third-order valence-corrected chi connectivity index (χ3v) is 3.57. The molecular weight excluding hydrogens is 252 g/mol. The van der Waals surface area contributed by atoms with Gasteiger partial charge in [0, 0.05) is 17.1 Å². The van der Waals surface area contributed by atoms with Gasteiger partial charge in [-0.05, 0) is 18.2 Å². The Bertz CT molecular complexity index is 476. The Balaban J connectivity index is 1.96. The lowest BCUT2D eigenvalue weighted by molar-refractivity contribution is -0.140. The van der Waals surface area contributed by atoms with E-state index >= 15 is 0 Å². The fourth-order valence-corrected chi connectivity index (χ4v) is 2.39. The zero-order valence-corrected chi connectivity index (χ0v) is 10.8. The smallest absolute Gasteiger partial charge is 0.307 e. The number of methoxy groups -OCH3 is 1. The molecule has 0 saturated carbocycles. The van der Waals surface area contributed by atoms with E-state index in [0.717, 1.165) is 16.3 Å². The molecule has 1 heterocycles. The number of carbonyl (C=O) groups excluding carboxylic acids is 2. The van der Waals surface area contributed by atoms with Gasteiger partial charge in [-0.3, -0.25) is 9.59 Å². The molecule has 0 aliphatic carbocycles. The van der Waals surface area contributed by atoms with Crippen molar-refractivity contribution in [3.05, 3.63) is 18.2 Å². The minimum absolute atomic E-state index is 0.0132. The van der Waals surface area contributed by atoms with E-state index in [1.54, 1.807) is 0 Å². The third-order valence-electron chi connectivity index (χ3n) is 2.50. The Morgan fingerprint density at radius 2 is 2.39 bits per heavy atom. The molecule has 18 heavy (non-hydrogen) atoms. The Kier molecular flexibility index (Phi) is 4.09. The van der Waals surface area contributed by atoms with Crippen LogP contribution in [0.4, 0.5) is 11.4 Å². The van der Waals surface area contributed by atoms with Crippen molar-refractivity contribution in [2.24, 2.45) is 0 Å². The largest absolute Gasteiger partial charge is 0.469 e. The fourth-order valence-electron chi connectivity index (χ4n) is 1.60. The number of benzene rings is 1. The van der Waals surface area contributed by atoms with Crippen LogP contribution < -0.4 is 10.6 Å². The van der Waals surface area contributed by atoms with E-state index in [-0.39, 0.29) is 11.9 Å². The van der Waals surface area contributed by atoms with Crippen molar-refractivity contribution in [2.75, 3.05) is 30.0 Å². The first kappa shape index (κ1) is 12.8. The van der Waals surface area contributed by atoms with Crippen LogP contribution in [0, 0.1) is 0 Å². The average molecular weight is 266 g/mol. The Morgan fingerprint density at radius 3 is 3.17 bits per heavy atom. The number of hydrogen-bond donors (Lipinski definition) is 2. The van der Waals surface area contributed by atoms with E-state index in [0.29, 0.717) is 18.7 Å². The van der Waals surface area contributed by atoms with E-state index < -0.39 is 0 Å². The number of amides is 1. The summed E-state index contributed by atoms with van der Waals surface area (Å²) in [6.45, 7) is 0.506. The predicted octanol–water partition coefficient (Wildman–Crippen LogP) is 1.71. The second kappa shape index (κ2) is 5.77. The van der Waals surface area contributed by atoms with Crippen LogP contribution in [0.5, 0.6) is 0 Å². The van der Waals surface area contributed by atoms with Crippen LogP contribution in [0.3, 0.4) is 0 Å². The van der Waals surface area contributed by atoms with Gasteiger partial charge in [0.05, 0.1) is 25.0 Å². The molecule has 2 rings (SSSR count). The van der Waals surface area contributed by atoms with Crippen molar-refractivity contribution in [2.45, 2.75) is 11.3 Å². The zero-order chi connectivity index (χ0) is 13.0. The summed E-state index contributed by atoms with van der Waals surface area (Å²) < 4.78 is 4.55. The number of carbonyl (C=O) groups is 2. The van der Waals surface area contributed by atoms with Gasteiger partial charge in [0.2, 0.25) is 5.91 Å². The van der Waals surface area contributed by atoms with Crippen LogP contribution in [0.2, 0.25) is 0 Å². The summed E-state index contributed by atoms with van der Waals surface area (Å²) in [5.41, 5.74) is 1.69. The van der Waals surface area contributed by atoms with Gasteiger partial charge in [0.15, 0.2) is 0 Å². The molecule has 0 saturated heterocycles. The maximum atomic E-state index is 11.3. The normalized spacial score (nSPS) is 13.5. The highest BCUT2D eigenvalue weighted by atomic mass is 32.2. The van der Waals surface area contributed by atoms with Crippen molar-refractivity contribution in [3.63, 3.8) is 0 Å². The monoisotopic (exact) mass is 266 g/mol. The number of ether oxygens (including phenoxy) is 1. The number of hydrogen-bond acceptors (Lipinski definition) is 5. The molecule has 2 N–H and O–H groups in total. The molecule has 0 unspecified atom stereocenters. The molecule has 0 radical (unpaired) electrons. The molecule has 1 aliphatic heterocycles. The quantitative estimate of drug-likeness (QED) is 0.812. The molecule has 0 fully saturated rings. The first-order chi connectivity index (χ1) is 8.69. The summed E-state index contributed by atoms with van der Waals surface area (Å²) in [5.74, 6) is 0.228. The SMILES string of the molecule is COC(=O)CCNc1ccc2c(c1)NC(=O)CS2. The topological polar surface area (TPSA) is 67.4 Å². The minimum atomic E-state index is -0.246. The maximum absolute atomic E-state index is 11.3. The molecule has 1 aliphatic rings. The molecule has 5 nitrogen and oxygen atoms in total. The molecule has 0 bridgehead atoms. The molecule has 6 heteroatoms. The second-order valence-corrected chi connectivity index (χ2v) is 4.82. The molecular formula is C12H14N2O3S. The number of rotatable bonds is 4. The summed E-state index contributed by atoms with van der Waals surface area (Å²) in [6.07, 6.45) is 0.314. The van der Waals surface area contributed by atoms with Crippen LogP contribution >= 0.6 is 11.8 Å². The van der Waals surface area contributed by atoms with Gasteiger partial charge in [0.25, 0.3) is 0 Å². The number of esters is 1. The van der Waals surface area contributed by atoms with E-state index in [2.05, 4.69) is 15.4 Å². The lowest BCUT2D eigenvalue weighted by Gasteiger charge is -2.17. The van der Waals surface area contributed by atoms with Crippen LogP contribution in [0.25, 0.3) is 0 Å². The van der Waals surface area contributed by atoms with Gasteiger partial charge in [-0.25, -0.2) is 0 Å². The highest BCUT2D eigenvalue weighted by Gasteiger charge is 2.15. The van der Waals surface area contributed by atoms with Gasteiger partial charge < -0.3 is 15.4 Å². The summed E-state index contributed by atoms with van der Waals surface area (Å²) in [7, 11) is 1.37. The molecule has 1 amide bonds. The lowest BCUT2D eigenvalue weighted by Crippen LogP contribution is -2.18. The summed E-state index contributed by atoms with van der Waals surface area (Å²) in [6, 6.07) is 5.76. The van der Waals surface area contributed by atoms with Gasteiger partial charge in [-0.2, -0.15) is 0 Å². The summed E-state index contributed by atoms with van der Waals surface area (Å²) in [4.78, 5) is 23.3. The van der Waals surface area contributed by atoms with Crippen LogP contribution in [-0.2, 0) is 14.3 Å². The highest BCUT2D eigenvalue weighted by molar-refractivity contribution is 8.00. The Hall–Kier alpha value is -1.69. The van der Waals surface area contributed by atoms with Crippen LogP contribution in [0.15, 0.2) is 23.1 Å². The molecule has 96 valence electrons. The zero-order valence-electron chi connectivity index (χ0n) is 9.99. The molecule has 0 aromatic heterocycles. The molecule has 1 aromatic carbocycles. The summed E-state index contributed by atoms with van der Waals surface area (Å²) >= 11 is 1.52. The van der Waals surface area contributed by atoms with Crippen molar-refractivity contribution in [1.82, 2.24) is 0 Å². The number of thioether (sulfide) groups is 1. The van der Waals surface area contributed by atoms with Crippen molar-refractivity contribution >= 4 is 35.0 Å². The lowest BCUT2D eigenvalue weighted by atomic mass is 10.2. The minimum Gasteiger partial charge on any atom is -0.469 e. The maximum Gasteiger partial charge on any atom is 0.307 e. The number of anilines is 2. The van der Waals surface area contributed by atoms with E-state index in [1.165, 1.54) is 18.9 Å². The van der Waals surface area contributed by atoms with E-state index in [9.17, 15) is 9.59 Å². The first-order valence-electron chi connectivity index (χ1n) is 5.56. The van der Waals surface area contributed by atoms with Gasteiger partial charge in [-0.15, -0.1) is 11.8 Å². The van der Waals surface area contributed by atoms with Crippen LogP contribution in [0.1, 0.15) is 6.42 Å². The van der Waals surface area contributed by atoms with E-state index in [1.807, 2.05) is 18.2 Å². The highest BCUT2D eigenvalue weighted by Crippen LogP contribution is 2.33. The molecule has 1 aromatic rings. The summed E-state index contributed by atoms with van der Waals surface area (Å²) in [5, 5.41) is 5.93. The average Bonchev–Trinajstić information content (AvgIpc) is 2.38. The number of nitrogens with one attached hydrogen (secondary N) is 2. The Morgan fingerprint density at radius 1 is 1.56 bits per heavy atom. The van der Waals surface area contributed by atoms with E-state index in [4.69, 9.17) is 0 Å².